The number of hydrogen-bond acceptors (Lipinski definition) is 4. The Balaban J connectivity index is 2.15. The van der Waals surface area contributed by atoms with Crippen LogP contribution in [0.1, 0.15) is 23.6 Å². The van der Waals surface area contributed by atoms with E-state index in [4.69, 9.17) is 4.74 Å². The van der Waals surface area contributed by atoms with Gasteiger partial charge in [-0.05, 0) is 23.6 Å². The van der Waals surface area contributed by atoms with Gasteiger partial charge in [0, 0.05) is 0 Å². The van der Waals surface area contributed by atoms with Crippen LogP contribution in [0.15, 0.2) is 96.1 Å². The van der Waals surface area contributed by atoms with Crippen LogP contribution >= 0.6 is 0 Å². The Bertz CT molecular complexity index is 781. The molecule has 4 nitrogen and oxygen atoms in total. The maximum absolute atomic E-state index is 11.7. The number of hydrazone groups is 1. The van der Waals surface area contributed by atoms with Gasteiger partial charge in [0.15, 0.2) is 0 Å². The summed E-state index contributed by atoms with van der Waals surface area (Å²) in [6, 6.07) is 30.2. The lowest BCUT2D eigenvalue weighted by molar-refractivity contribution is -0.134. The fourth-order valence-electron chi connectivity index (χ4n) is 3.12. The zero-order valence-corrected chi connectivity index (χ0v) is 15.2. The second-order valence-electron chi connectivity index (χ2n) is 5.97. The lowest BCUT2D eigenvalue weighted by atomic mass is 9.77. The van der Waals surface area contributed by atoms with Crippen LogP contribution in [0.2, 0.25) is 0 Å². The molecule has 0 heterocycles. The Kier molecular flexibility index (Phi) is 6.00. The van der Waals surface area contributed by atoms with Gasteiger partial charge < -0.3 is 4.74 Å². The molecule has 0 atom stereocenters. The van der Waals surface area contributed by atoms with E-state index < -0.39 is 11.5 Å². The largest absolute Gasteiger partial charge is 0.462 e. The lowest BCUT2D eigenvalue weighted by Crippen LogP contribution is -2.42. The fraction of sp³-hybridized carbons (Fsp3) is 0.130. The first-order chi connectivity index (χ1) is 13.3. The number of esters is 1. The van der Waals surface area contributed by atoms with Gasteiger partial charge in [0.25, 0.3) is 0 Å². The number of carbonyl (C=O) groups is 1. The van der Waals surface area contributed by atoms with E-state index in [9.17, 15) is 4.79 Å². The first-order valence-corrected chi connectivity index (χ1v) is 8.91. The molecule has 0 saturated carbocycles. The molecule has 0 aliphatic carbocycles. The summed E-state index contributed by atoms with van der Waals surface area (Å²) in [4.78, 5) is 11.7. The molecule has 0 spiro atoms. The summed E-state index contributed by atoms with van der Waals surface area (Å²) >= 11 is 0. The van der Waals surface area contributed by atoms with Crippen molar-refractivity contribution in [1.82, 2.24) is 5.43 Å². The maximum Gasteiger partial charge on any atom is 0.351 e. The zero-order chi connectivity index (χ0) is 19.0. The number of nitrogens with one attached hydrogen (secondary N) is 1. The first kappa shape index (κ1) is 18.4. The Morgan fingerprint density at radius 2 is 1.26 bits per heavy atom. The highest BCUT2D eigenvalue weighted by atomic mass is 16.5. The molecular formula is C23H22N2O2. The zero-order valence-electron chi connectivity index (χ0n) is 15.2. The summed E-state index contributed by atoms with van der Waals surface area (Å²) < 4.78 is 4.95. The summed E-state index contributed by atoms with van der Waals surface area (Å²) in [6.07, 6.45) is 1.17. The third-order valence-corrected chi connectivity index (χ3v) is 4.31. The minimum atomic E-state index is -0.743. The lowest BCUT2D eigenvalue weighted by Gasteiger charge is -2.35. The monoisotopic (exact) mass is 358 g/mol. The highest BCUT2D eigenvalue weighted by Crippen LogP contribution is 2.36. The van der Waals surface area contributed by atoms with Gasteiger partial charge in [-0.3, -0.25) is 5.43 Å². The van der Waals surface area contributed by atoms with Gasteiger partial charge in [-0.2, -0.15) is 5.10 Å². The molecule has 0 bridgehead atoms. The van der Waals surface area contributed by atoms with Crippen molar-refractivity contribution >= 4 is 12.2 Å². The predicted octanol–water partition coefficient (Wildman–Crippen LogP) is 4.12. The minimum absolute atomic E-state index is 0.312. The van der Waals surface area contributed by atoms with Crippen molar-refractivity contribution in [2.45, 2.75) is 12.5 Å². The second kappa shape index (κ2) is 8.81. The topological polar surface area (TPSA) is 50.7 Å². The van der Waals surface area contributed by atoms with Gasteiger partial charge >= 0.3 is 5.97 Å². The average Bonchev–Trinajstić information content (AvgIpc) is 2.73. The summed E-state index contributed by atoms with van der Waals surface area (Å²) in [7, 11) is 0. The predicted molar refractivity (Wildman–Crippen MR) is 107 cm³/mol. The molecule has 0 fully saturated rings. The van der Waals surface area contributed by atoms with Crippen LogP contribution in [0.3, 0.4) is 0 Å². The number of ether oxygens (including phenoxy) is 1. The summed E-state index contributed by atoms with van der Waals surface area (Å²) in [5.41, 5.74) is 5.55. The Morgan fingerprint density at radius 3 is 1.63 bits per heavy atom. The van der Waals surface area contributed by atoms with Crippen LogP contribution in [-0.2, 0) is 15.1 Å². The van der Waals surface area contributed by atoms with Crippen molar-refractivity contribution in [3.8, 4) is 0 Å². The van der Waals surface area contributed by atoms with Crippen LogP contribution < -0.4 is 5.43 Å². The van der Waals surface area contributed by atoms with Crippen LogP contribution in [0.5, 0.6) is 0 Å². The molecule has 0 aromatic heterocycles. The van der Waals surface area contributed by atoms with Gasteiger partial charge in [-0.1, -0.05) is 91.0 Å². The van der Waals surface area contributed by atoms with Gasteiger partial charge in [0.2, 0.25) is 0 Å². The number of nitrogens with zero attached hydrogens (tertiary/aromatic N) is 1. The summed E-state index contributed by atoms with van der Waals surface area (Å²) in [5.74, 6) is -0.479. The molecular weight excluding hydrogens is 336 g/mol. The van der Waals surface area contributed by atoms with Crippen molar-refractivity contribution in [1.29, 1.82) is 0 Å². The highest BCUT2D eigenvalue weighted by Gasteiger charge is 2.36. The first-order valence-electron chi connectivity index (χ1n) is 8.91. The van der Waals surface area contributed by atoms with E-state index in [1.165, 1.54) is 6.21 Å². The molecule has 0 unspecified atom stereocenters. The van der Waals surface area contributed by atoms with Gasteiger partial charge in [0.05, 0.1) is 6.61 Å². The van der Waals surface area contributed by atoms with Gasteiger partial charge in [0.1, 0.15) is 11.8 Å². The molecule has 1 N–H and O–H groups in total. The van der Waals surface area contributed by atoms with E-state index in [0.717, 1.165) is 16.7 Å². The SMILES string of the molecule is CCOC(=O)/C=N/NC(c1ccccc1)(c1ccccc1)c1ccccc1. The van der Waals surface area contributed by atoms with Crippen LogP contribution in [-0.4, -0.2) is 18.8 Å². The Morgan fingerprint density at radius 1 is 0.852 bits per heavy atom. The standard InChI is InChI=1S/C23H22N2O2/c1-2-27-22(26)18-24-25-23(19-12-6-3-7-13-19,20-14-8-4-9-15-20)21-16-10-5-11-17-21/h3-18,25H,2H2,1H3/b24-18+. The molecule has 0 radical (unpaired) electrons. The molecule has 0 aliphatic rings. The van der Waals surface area contributed by atoms with E-state index in [1.807, 2.05) is 91.0 Å². The number of benzene rings is 3. The van der Waals surface area contributed by atoms with E-state index in [2.05, 4.69) is 10.5 Å². The molecule has 136 valence electrons. The highest BCUT2D eigenvalue weighted by molar-refractivity contribution is 6.23. The number of carbonyl (C=O) groups excluding carboxylic acids is 1. The molecule has 3 aromatic rings. The molecule has 27 heavy (non-hydrogen) atoms. The molecule has 3 aromatic carbocycles. The van der Waals surface area contributed by atoms with Crippen molar-refractivity contribution < 1.29 is 9.53 Å². The van der Waals surface area contributed by atoms with E-state index in [1.54, 1.807) is 6.92 Å². The van der Waals surface area contributed by atoms with E-state index in [0.29, 0.717) is 6.61 Å². The smallest absolute Gasteiger partial charge is 0.351 e. The van der Waals surface area contributed by atoms with Gasteiger partial charge in [-0.15, -0.1) is 0 Å². The summed E-state index contributed by atoms with van der Waals surface area (Å²) in [6.45, 7) is 2.08. The molecule has 0 saturated heterocycles. The minimum Gasteiger partial charge on any atom is -0.462 e. The van der Waals surface area contributed by atoms with Crippen molar-refractivity contribution in [3.63, 3.8) is 0 Å². The fourth-order valence-corrected chi connectivity index (χ4v) is 3.12. The number of hydrogen-bond donors (Lipinski definition) is 1. The van der Waals surface area contributed by atoms with E-state index >= 15 is 0 Å². The van der Waals surface area contributed by atoms with Crippen molar-refractivity contribution in [2.75, 3.05) is 6.61 Å². The van der Waals surface area contributed by atoms with Gasteiger partial charge in [-0.25, -0.2) is 4.79 Å². The van der Waals surface area contributed by atoms with Crippen LogP contribution in [0.25, 0.3) is 0 Å². The van der Waals surface area contributed by atoms with E-state index in [-0.39, 0.29) is 0 Å². The normalized spacial score (nSPS) is 11.3. The molecule has 0 aliphatic heterocycles. The molecule has 3 rings (SSSR count). The van der Waals surface area contributed by atoms with Crippen molar-refractivity contribution in [3.05, 3.63) is 108 Å². The Labute approximate surface area is 159 Å². The molecule has 4 heteroatoms. The quantitative estimate of drug-likeness (QED) is 0.299. The third-order valence-electron chi connectivity index (χ3n) is 4.31. The summed E-state index contributed by atoms with van der Waals surface area (Å²) in [5, 5.41) is 4.24. The third kappa shape index (κ3) is 4.06. The maximum atomic E-state index is 11.7. The molecule has 0 amide bonds. The second-order valence-corrected chi connectivity index (χ2v) is 5.97. The average molecular weight is 358 g/mol. The number of rotatable bonds is 7. The van der Waals surface area contributed by atoms with Crippen LogP contribution in [0.4, 0.5) is 0 Å². The Hall–Kier alpha value is -3.40. The van der Waals surface area contributed by atoms with Crippen LogP contribution in [0, 0.1) is 0 Å². The van der Waals surface area contributed by atoms with Crippen molar-refractivity contribution in [2.24, 2.45) is 5.10 Å².